The van der Waals surface area contributed by atoms with E-state index in [0.29, 0.717) is 17.1 Å². The molecular weight excluding hydrogens is 356 g/mol. The van der Waals surface area contributed by atoms with Crippen LogP contribution in [0.3, 0.4) is 0 Å². The van der Waals surface area contributed by atoms with Crippen molar-refractivity contribution in [2.24, 2.45) is 0 Å². The fourth-order valence-corrected chi connectivity index (χ4v) is 3.14. The zero-order valence-electron chi connectivity index (χ0n) is 14.4. The second-order valence-electron chi connectivity index (χ2n) is 6.16. The molecule has 4 rings (SSSR count). The second-order valence-corrected chi connectivity index (χ2v) is 6.16. The standard InChI is InChI=1S/C19H15F2N3O3/c1-26-16-5-3-2-4-13(16)19-22-18(23-27-19)11-8-17(25)24(10-11)15-9-12(20)6-7-14(15)21/h2-7,9,11H,8,10H2,1H3. The van der Waals surface area contributed by atoms with E-state index in [2.05, 4.69) is 10.1 Å². The molecule has 1 unspecified atom stereocenters. The molecule has 0 aliphatic carbocycles. The average molecular weight is 371 g/mol. The summed E-state index contributed by atoms with van der Waals surface area (Å²) in [6, 6.07) is 10.2. The fraction of sp³-hybridized carbons (Fsp3) is 0.211. The van der Waals surface area contributed by atoms with Gasteiger partial charge in [-0.15, -0.1) is 0 Å². The van der Waals surface area contributed by atoms with Gasteiger partial charge in [0, 0.05) is 24.9 Å². The Balaban J connectivity index is 1.60. The second kappa shape index (κ2) is 6.79. The zero-order chi connectivity index (χ0) is 19.0. The van der Waals surface area contributed by atoms with E-state index in [4.69, 9.17) is 9.26 Å². The highest BCUT2D eigenvalue weighted by molar-refractivity contribution is 5.96. The fourth-order valence-electron chi connectivity index (χ4n) is 3.14. The van der Waals surface area contributed by atoms with Crippen molar-refractivity contribution in [2.75, 3.05) is 18.6 Å². The Labute approximate surface area is 153 Å². The van der Waals surface area contributed by atoms with E-state index in [1.165, 1.54) is 12.0 Å². The van der Waals surface area contributed by atoms with E-state index in [1.54, 1.807) is 12.1 Å². The van der Waals surface area contributed by atoms with Gasteiger partial charge in [-0.25, -0.2) is 8.78 Å². The first-order valence-electron chi connectivity index (χ1n) is 8.29. The van der Waals surface area contributed by atoms with Crippen LogP contribution in [0.5, 0.6) is 5.75 Å². The smallest absolute Gasteiger partial charge is 0.261 e. The summed E-state index contributed by atoms with van der Waals surface area (Å²) in [5.74, 6) is -0.790. The van der Waals surface area contributed by atoms with Crippen LogP contribution in [0.25, 0.3) is 11.5 Å². The number of hydrogen-bond donors (Lipinski definition) is 0. The van der Waals surface area contributed by atoms with Crippen molar-refractivity contribution < 1.29 is 22.8 Å². The van der Waals surface area contributed by atoms with Crippen molar-refractivity contribution in [3.8, 4) is 17.2 Å². The van der Waals surface area contributed by atoms with Gasteiger partial charge in [0.1, 0.15) is 17.4 Å². The van der Waals surface area contributed by atoms with Gasteiger partial charge in [-0.05, 0) is 24.3 Å². The van der Waals surface area contributed by atoms with Crippen LogP contribution in [-0.2, 0) is 4.79 Å². The molecule has 1 aromatic heterocycles. The van der Waals surface area contributed by atoms with Gasteiger partial charge in [-0.2, -0.15) is 4.98 Å². The predicted molar refractivity (Wildman–Crippen MR) is 92.4 cm³/mol. The molecule has 0 spiro atoms. The lowest BCUT2D eigenvalue weighted by Crippen LogP contribution is -2.25. The van der Waals surface area contributed by atoms with E-state index < -0.39 is 11.6 Å². The average Bonchev–Trinajstić information content (AvgIpc) is 3.30. The number of aromatic nitrogens is 2. The highest BCUT2D eigenvalue weighted by Crippen LogP contribution is 2.34. The molecule has 3 aromatic rings. The molecule has 0 saturated carbocycles. The summed E-state index contributed by atoms with van der Waals surface area (Å²) in [5, 5.41) is 3.96. The number of benzene rings is 2. The number of nitrogens with zero attached hydrogens (tertiary/aromatic N) is 3. The lowest BCUT2D eigenvalue weighted by molar-refractivity contribution is -0.117. The molecule has 8 heteroatoms. The number of amides is 1. The van der Waals surface area contributed by atoms with Gasteiger partial charge < -0.3 is 14.2 Å². The molecule has 138 valence electrons. The molecule has 2 heterocycles. The summed E-state index contributed by atoms with van der Waals surface area (Å²) in [7, 11) is 1.54. The van der Waals surface area contributed by atoms with Crippen LogP contribution in [0.15, 0.2) is 47.0 Å². The van der Waals surface area contributed by atoms with Crippen LogP contribution in [0.2, 0.25) is 0 Å². The molecule has 1 saturated heterocycles. The first-order chi connectivity index (χ1) is 13.1. The Bertz CT molecular complexity index is 1010. The van der Waals surface area contributed by atoms with E-state index in [0.717, 1.165) is 18.2 Å². The highest BCUT2D eigenvalue weighted by Gasteiger charge is 2.36. The number of methoxy groups -OCH3 is 1. The monoisotopic (exact) mass is 371 g/mol. The maximum atomic E-state index is 14.0. The van der Waals surface area contributed by atoms with E-state index >= 15 is 0 Å². The molecule has 1 amide bonds. The predicted octanol–water partition coefficient (Wildman–Crippen LogP) is 3.54. The third-order valence-electron chi connectivity index (χ3n) is 4.47. The molecule has 1 aliphatic heterocycles. The van der Waals surface area contributed by atoms with Gasteiger partial charge in [0.25, 0.3) is 5.89 Å². The summed E-state index contributed by atoms with van der Waals surface area (Å²) in [5.41, 5.74) is 0.548. The van der Waals surface area contributed by atoms with Crippen LogP contribution in [0.1, 0.15) is 18.2 Å². The Morgan fingerprint density at radius 2 is 2.04 bits per heavy atom. The van der Waals surface area contributed by atoms with Crippen LogP contribution < -0.4 is 9.64 Å². The molecule has 6 nitrogen and oxygen atoms in total. The normalized spacial score (nSPS) is 16.8. The SMILES string of the molecule is COc1ccccc1-c1nc(C2CC(=O)N(c3cc(F)ccc3F)C2)no1. The third kappa shape index (κ3) is 3.14. The maximum absolute atomic E-state index is 14.0. The Morgan fingerprint density at radius 1 is 1.22 bits per heavy atom. The maximum Gasteiger partial charge on any atom is 0.261 e. The van der Waals surface area contributed by atoms with E-state index in [-0.39, 0.29) is 36.4 Å². The summed E-state index contributed by atoms with van der Waals surface area (Å²) < 4.78 is 38.1. The lowest BCUT2D eigenvalue weighted by atomic mass is 10.1. The summed E-state index contributed by atoms with van der Waals surface area (Å²) in [6.45, 7) is 0.143. The molecule has 0 N–H and O–H groups in total. The first-order valence-corrected chi connectivity index (χ1v) is 8.29. The van der Waals surface area contributed by atoms with Crippen molar-refractivity contribution in [3.63, 3.8) is 0 Å². The van der Waals surface area contributed by atoms with Gasteiger partial charge in [0.05, 0.1) is 18.4 Å². The van der Waals surface area contributed by atoms with Crippen molar-refractivity contribution >= 4 is 11.6 Å². The van der Waals surface area contributed by atoms with E-state index in [9.17, 15) is 13.6 Å². The summed E-state index contributed by atoms with van der Waals surface area (Å²) in [4.78, 5) is 17.9. The van der Waals surface area contributed by atoms with Gasteiger partial charge in [0.2, 0.25) is 5.91 Å². The van der Waals surface area contributed by atoms with Gasteiger partial charge in [-0.3, -0.25) is 4.79 Å². The van der Waals surface area contributed by atoms with Crippen LogP contribution in [0.4, 0.5) is 14.5 Å². The van der Waals surface area contributed by atoms with Crippen LogP contribution in [-0.4, -0.2) is 29.7 Å². The Hall–Kier alpha value is -3.29. The summed E-state index contributed by atoms with van der Waals surface area (Å²) in [6.07, 6.45) is 0.0842. The zero-order valence-corrected chi connectivity index (χ0v) is 14.4. The number of carbonyl (C=O) groups is 1. The topological polar surface area (TPSA) is 68.5 Å². The van der Waals surface area contributed by atoms with Crippen molar-refractivity contribution in [2.45, 2.75) is 12.3 Å². The van der Waals surface area contributed by atoms with Crippen molar-refractivity contribution in [1.82, 2.24) is 10.1 Å². The van der Waals surface area contributed by atoms with Gasteiger partial charge >= 0.3 is 0 Å². The van der Waals surface area contributed by atoms with Gasteiger partial charge in [0.15, 0.2) is 5.82 Å². The summed E-state index contributed by atoms with van der Waals surface area (Å²) >= 11 is 0. The van der Waals surface area contributed by atoms with Crippen molar-refractivity contribution in [1.29, 1.82) is 0 Å². The van der Waals surface area contributed by atoms with E-state index in [1.807, 2.05) is 12.1 Å². The minimum atomic E-state index is -0.659. The number of carbonyl (C=O) groups excluding carboxylic acids is 1. The van der Waals surface area contributed by atoms with Crippen LogP contribution in [0, 0.1) is 11.6 Å². The molecule has 1 fully saturated rings. The molecule has 2 aromatic carbocycles. The Morgan fingerprint density at radius 3 is 2.85 bits per heavy atom. The Kier molecular flexibility index (Phi) is 4.31. The molecule has 27 heavy (non-hydrogen) atoms. The molecule has 1 atom stereocenters. The van der Waals surface area contributed by atoms with Crippen molar-refractivity contribution in [3.05, 3.63) is 59.9 Å². The minimum Gasteiger partial charge on any atom is -0.496 e. The largest absolute Gasteiger partial charge is 0.496 e. The molecule has 1 aliphatic rings. The van der Waals surface area contributed by atoms with Crippen LogP contribution >= 0.6 is 0 Å². The highest BCUT2D eigenvalue weighted by atomic mass is 19.1. The minimum absolute atomic E-state index is 0.0842. The number of halogens is 2. The number of ether oxygens (including phenoxy) is 1. The number of anilines is 1. The quantitative estimate of drug-likeness (QED) is 0.702. The molecular formula is C19H15F2N3O3. The van der Waals surface area contributed by atoms with Gasteiger partial charge in [-0.1, -0.05) is 17.3 Å². The number of para-hydroxylation sites is 1. The lowest BCUT2D eigenvalue weighted by Gasteiger charge is -2.16. The number of rotatable bonds is 4. The first kappa shape index (κ1) is 17.1. The number of hydrogen-bond acceptors (Lipinski definition) is 5. The molecule has 0 bridgehead atoms. The third-order valence-corrected chi connectivity index (χ3v) is 4.47. The molecule has 0 radical (unpaired) electrons.